The van der Waals surface area contributed by atoms with E-state index < -0.39 is 0 Å². The first-order chi connectivity index (χ1) is 11.7. The number of methoxy groups -OCH3 is 1. The molecule has 0 fully saturated rings. The van der Waals surface area contributed by atoms with Crippen molar-refractivity contribution in [1.29, 1.82) is 0 Å². The first-order valence-electron chi connectivity index (χ1n) is 7.92. The standard InChI is InChI=1S/C18H20N4O2/c1-3-22-16-10-9-14(11-15(16)20-21-22)18(23)19-12-17(24-2)13-7-5-4-6-8-13/h4-11,17H,3,12H2,1-2H3,(H,19,23). The van der Waals surface area contributed by atoms with Crippen molar-refractivity contribution in [2.75, 3.05) is 13.7 Å². The molecule has 0 saturated heterocycles. The van der Waals surface area contributed by atoms with Gasteiger partial charge in [0.2, 0.25) is 0 Å². The average Bonchev–Trinajstić information content (AvgIpc) is 3.05. The monoisotopic (exact) mass is 324 g/mol. The Balaban J connectivity index is 1.70. The fourth-order valence-electron chi connectivity index (χ4n) is 2.64. The van der Waals surface area contributed by atoms with E-state index in [4.69, 9.17) is 4.74 Å². The highest BCUT2D eigenvalue weighted by atomic mass is 16.5. The van der Waals surface area contributed by atoms with Crippen molar-refractivity contribution in [1.82, 2.24) is 20.3 Å². The third-order valence-corrected chi connectivity index (χ3v) is 3.98. The number of carbonyl (C=O) groups is 1. The van der Waals surface area contributed by atoms with Gasteiger partial charge in [-0.15, -0.1) is 5.10 Å². The number of hydrogen-bond donors (Lipinski definition) is 1. The van der Waals surface area contributed by atoms with E-state index in [0.29, 0.717) is 12.1 Å². The molecule has 0 aliphatic carbocycles. The normalized spacial score (nSPS) is 12.2. The third kappa shape index (κ3) is 3.28. The van der Waals surface area contributed by atoms with E-state index in [-0.39, 0.29) is 12.0 Å². The van der Waals surface area contributed by atoms with Crippen molar-refractivity contribution < 1.29 is 9.53 Å². The van der Waals surface area contributed by atoms with E-state index >= 15 is 0 Å². The summed E-state index contributed by atoms with van der Waals surface area (Å²) in [5.74, 6) is -0.152. The maximum Gasteiger partial charge on any atom is 0.251 e. The van der Waals surface area contributed by atoms with Crippen LogP contribution in [0.2, 0.25) is 0 Å². The Bertz CT molecular complexity index is 829. The summed E-state index contributed by atoms with van der Waals surface area (Å²) in [7, 11) is 1.64. The Labute approximate surface area is 140 Å². The molecule has 0 aliphatic heterocycles. The van der Waals surface area contributed by atoms with Crippen molar-refractivity contribution in [2.24, 2.45) is 0 Å². The second-order valence-electron chi connectivity index (χ2n) is 5.45. The van der Waals surface area contributed by atoms with Crippen LogP contribution in [0.5, 0.6) is 0 Å². The van der Waals surface area contributed by atoms with Gasteiger partial charge < -0.3 is 10.1 Å². The molecule has 124 valence electrons. The van der Waals surface area contributed by atoms with Crippen molar-refractivity contribution in [3.8, 4) is 0 Å². The number of aryl methyl sites for hydroxylation is 1. The van der Waals surface area contributed by atoms with Gasteiger partial charge in [0, 0.05) is 25.8 Å². The number of ether oxygens (including phenoxy) is 1. The minimum Gasteiger partial charge on any atom is -0.375 e. The van der Waals surface area contributed by atoms with Crippen molar-refractivity contribution in [2.45, 2.75) is 19.6 Å². The van der Waals surface area contributed by atoms with Crippen LogP contribution in [-0.4, -0.2) is 34.6 Å². The lowest BCUT2D eigenvalue weighted by molar-refractivity contribution is 0.0828. The fraction of sp³-hybridized carbons (Fsp3) is 0.278. The smallest absolute Gasteiger partial charge is 0.251 e. The van der Waals surface area contributed by atoms with Gasteiger partial charge in [0.05, 0.1) is 11.6 Å². The molecule has 0 saturated carbocycles. The van der Waals surface area contributed by atoms with Crippen LogP contribution in [-0.2, 0) is 11.3 Å². The lowest BCUT2D eigenvalue weighted by Crippen LogP contribution is -2.29. The molecule has 1 heterocycles. The van der Waals surface area contributed by atoms with Crippen LogP contribution in [0.1, 0.15) is 28.9 Å². The van der Waals surface area contributed by atoms with Crippen LogP contribution in [0.25, 0.3) is 11.0 Å². The van der Waals surface area contributed by atoms with Crippen LogP contribution in [0.15, 0.2) is 48.5 Å². The molecular weight excluding hydrogens is 304 g/mol. The Kier molecular flexibility index (Phi) is 4.86. The van der Waals surface area contributed by atoms with Crippen LogP contribution >= 0.6 is 0 Å². The fourth-order valence-corrected chi connectivity index (χ4v) is 2.64. The van der Waals surface area contributed by atoms with Crippen LogP contribution in [0, 0.1) is 0 Å². The number of nitrogens with one attached hydrogen (secondary N) is 1. The van der Waals surface area contributed by atoms with E-state index in [1.807, 2.05) is 43.3 Å². The van der Waals surface area contributed by atoms with Gasteiger partial charge in [-0.2, -0.15) is 0 Å². The summed E-state index contributed by atoms with van der Waals surface area (Å²) in [6.07, 6.45) is -0.181. The molecule has 6 nitrogen and oxygen atoms in total. The molecule has 0 radical (unpaired) electrons. The first-order valence-corrected chi connectivity index (χ1v) is 7.92. The summed E-state index contributed by atoms with van der Waals surface area (Å²) in [5.41, 5.74) is 3.24. The minimum atomic E-state index is -0.181. The van der Waals surface area contributed by atoms with E-state index in [1.165, 1.54) is 0 Å². The van der Waals surface area contributed by atoms with Crippen LogP contribution in [0.4, 0.5) is 0 Å². The van der Waals surface area contributed by atoms with Gasteiger partial charge in [0.15, 0.2) is 0 Å². The Morgan fingerprint density at radius 2 is 2.04 bits per heavy atom. The number of nitrogens with zero attached hydrogens (tertiary/aromatic N) is 3. The van der Waals surface area contributed by atoms with Crippen molar-refractivity contribution in [3.63, 3.8) is 0 Å². The van der Waals surface area contributed by atoms with Crippen molar-refractivity contribution in [3.05, 3.63) is 59.7 Å². The first kappa shape index (κ1) is 16.1. The zero-order valence-corrected chi connectivity index (χ0v) is 13.8. The average molecular weight is 324 g/mol. The molecule has 6 heteroatoms. The Hall–Kier alpha value is -2.73. The molecule has 3 rings (SSSR count). The van der Waals surface area contributed by atoms with E-state index in [1.54, 1.807) is 23.9 Å². The summed E-state index contributed by atoms with van der Waals surface area (Å²) in [6, 6.07) is 15.2. The van der Waals surface area contributed by atoms with Gasteiger partial charge in [-0.05, 0) is 30.7 Å². The number of carbonyl (C=O) groups excluding carboxylic acids is 1. The summed E-state index contributed by atoms with van der Waals surface area (Å²) < 4.78 is 7.27. The third-order valence-electron chi connectivity index (χ3n) is 3.98. The molecule has 1 atom stereocenters. The second kappa shape index (κ2) is 7.23. The number of aromatic nitrogens is 3. The highest BCUT2D eigenvalue weighted by molar-refractivity contribution is 5.97. The lowest BCUT2D eigenvalue weighted by Gasteiger charge is -2.16. The molecule has 2 aromatic carbocycles. The molecule has 0 bridgehead atoms. The number of rotatable bonds is 6. The maximum atomic E-state index is 12.4. The van der Waals surface area contributed by atoms with Gasteiger partial charge in [-0.1, -0.05) is 35.5 Å². The quantitative estimate of drug-likeness (QED) is 0.756. The molecule has 3 aromatic rings. The summed E-state index contributed by atoms with van der Waals surface area (Å²) >= 11 is 0. The van der Waals surface area contributed by atoms with Gasteiger partial charge in [0.25, 0.3) is 5.91 Å². The summed E-state index contributed by atoms with van der Waals surface area (Å²) in [4.78, 5) is 12.4. The zero-order valence-electron chi connectivity index (χ0n) is 13.8. The Morgan fingerprint density at radius 1 is 1.25 bits per heavy atom. The molecule has 1 aromatic heterocycles. The highest BCUT2D eigenvalue weighted by Gasteiger charge is 2.14. The molecule has 0 aliphatic rings. The Morgan fingerprint density at radius 3 is 2.75 bits per heavy atom. The molecule has 24 heavy (non-hydrogen) atoms. The molecular formula is C18H20N4O2. The van der Waals surface area contributed by atoms with Crippen LogP contribution in [0.3, 0.4) is 0 Å². The van der Waals surface area contributed by atoms with Gasteiger partial charge in [-0.25, -0.2) is 4.68 Å². The van der Waals surface area contributed by atoms with Gasteiger partial charge in [0.1, 0.15) is 5.52 Å². The van der Waals surface area contributed by atoms with Gasteiger partial charge >= 0.3 is 0 Å². The number of fused-ring (bicyclic) bond motifs is 1. The molecule has 0 spiro atoms. The highest BCUT2D eigenvalue weighted by Crippen LogP contribution is 2.16. The van der Waals surface area contributed by atoms with Gasteiger partial charge in [-0.3, -0.25) is 4.79 Å². The summed E-state index contributed by atoms with van der Waals surface area (Å²) in [5, 5.41) is 11.1. The number of benzene rings is 2. The molecule has 1 amide bonds. The van der Waals surface area contributed by atoms with E-state index in [9.17, 15) is 4.79 Å². The number of hydrogen-bond acceptors (Lipinski definition) is 4. The second-order valence-corrected chi connectivity index (χ2v) is 5.45. The number of amides is 1. The summed E-state index contributed by atoms with van der Waals surface area (Å²) in [6.45, 7) is 3.15. The predicted molar refractivity (Wildman–Crippen MR) is 91.7 cm³/mol. The van der Waals surface area contributed by atoms with Crippen LogP contribution < -0.4 is 5.32 Å². The zero-order chi connectivity index (χ0) is 16.9. The van der Waals surface area contributed by atoms with E-state index in [2.05, 4.69) is 15.6 Å². The van der Waals surface area contributed by atoms with E-state index in [0.717, 1.165) is 23.1 Å². The van der Waals surface area contributed by atoms with Crippen molar-refractivity contribution >= 4 is 16.9 Å². The molecule has 1 unspecified atom stereocenters. The SMILES string of the molecule is CCn1nnc2cc(C(=O)NCC(OC)c3ccccc3)ccc21. The maximum absolute atomic E-state index is 12.4. The minimum absolute atomic E-state index is 0.152. The topological polar surface area (TPSA) is 69.0 Å². The lowest BCUT2D eigenvalue weighted by atomic mass is 10.1. The predicted octanol–water partition coefficient (Wildman–Crippen LogP) is 2.57. The molecule has 1 N–H and O–H groups in total. The largest absolute Gasteiger partial charge is 0.375 e.